The Labute approximate surface area is 114 Å². The number of benzene rings is 1. The monoisotopic (exact) mass is 278 g/mol. The van der Waals surface area contributed by atoms with E-state index in [-0.39, 0.29) is 11.4 Å². The van der Waals surface area contributed by atoms with Crippen molar-refractivity contribution in [3.8, 4) is 0 Å². The van der Waals surface area contributed by atoms with E-state index in [2.05, 4.69) is 10.3 Å². The molecule has 2 heterocycles. The summed E-state index contributed by atoms with van der Waals surface area (Å²) in [5.74, 6) is -0.128. The zero-order chi connectivity index (χ0) is 13.5. The van der Waals surface area contributed by atoms with Gasteiger partial charge in [-0.15, -0.1) is 0 Å². The van der Waals surface area contributed by atoms with Gasteiger partial charge in [0.1, 0.15) is 0 Å². The molecule has 2 N–H and O–H groups in total. The zero-order valence-electron chi connectivity index (χ0n) is 10.5. The van der Waals surface area contributed by atoms with Gasteiger partial charge in [-0.2, -0.15) is 0 Å². The highest BCUT2D eigenvalue weighted by atomic mass is 32.1. The van der Waals surface area contributed by atoms with Crippen LogP contribution in [0, 0.1) is 4.84 Å². The molecule has 5 nitrogen and oxygen atoms in total. The number of aromatic nitrogens is 1. The maximum absolute atomic E-state index is 12.2. The Morgan fingerprint density at radius 1 is 1.53 bits per heavy atom. The van der Waals surface area contributed by atoms with Crippen molar-refractivity contribution in [2.24, 2.45) is 0 Å². The molecule has 1 amide bonds. The van der Waals surface area contributed by atoms with Gasteiger partial charge in [0, 0.05) is 12.2 Å². The molecular weight excluding hydrogens is 264 g/mol. The Morgan fingerprint density at radius 2 is 2.37 bits per heavy atom. The summed E-state index contributed by atoms with van der Waals surface area (Å²) in [7, 11) is 0. The Kier molecular flexibility index (Phi) is 2.91. The van der Waals surface area contributed by atoms with Crippen LogP contribution in [0.25, 0.3) is 11.1 Å². The first kappa shape index (κ1) is 12.4. The number of ether oxygens (including phenoxy) is 1. The van der Waals surface area contributed by atoms with Crippen LogP contribution in [0.2, 0.25) is 0 Å². The normalized spacial score (nSPS) is 22.8. The van der Waals surface area contributed by atoms with Crippen LogP contribution in [0.3, 0.4) is 0 Å². The van der Waals surface area contributed by atoms with Crippen molar-refractivity contribution in [3.05, 3.63) is 28.6 Å². The van der Waals surface area contributed by atoms with Crippen molar-refractivity contribution in [3.63, 3.8) is 0 Å². The lowest BCUT2D eigenvalue weighted by Crippen LogP contribution is -2.46. The quantitative estimate of drug-likeness (QED) is 0.828. The van der Waals surface area contributed by atoms with Crippen LogP contribution in [-0.4, -0.2) is 29.6 Å². The van der Waals surface area contributed by atoms with Crippen molar-refractivity contribution >= 4 is 29.2 Å². The van der Waals surface area contributed by atoms with E-state index in [0.717, 1.165) is 11.9 Å². The number of hydrogen-bond acceptors (Lipinski definition) is 4. The molecule has 0 spiro atoms. The summed E-state index contributed by atoms with van der Waals surface area (Å²) in [6.07, 6.45) is 0.825. The number of carbonyl (C=O) groups is 1. The third-order valence-electron chi connectivity index (χ3n) is 3.32. The summed E-state index contributed by atoms with van der Waals surface area (Å²) in [6, 6.07) is 5.23. The van der Waals surface area contributed by atoms with Crippen molar-refractivity contribution in [2.75, 3.05) is 13.2 Å². The SMILES string of the molecule is CC1(NC(=O)c2ccc3[nH]c(=S)oc3c2)CCOC1. The van der Waals surface area contributed by atoms with Gasteiger partial charge >= 0.3 is 0 Å². The van der Waals surface area contributed by atoms with Gasteiger partial charge in [-0.3, -0.25) is 4.79 Å². The third kappa shape index (κ3) is 2.41. The van der Waals surface area contributed by atoms with Gasteiger partial charge in [-0.25, -0.2) is 0 Å². The number of aromatic amines is 1. The summed E-state index contributed by atoms with van der Waals surface area (Å²) < 4.78 is 10.6. The largest absolute Gasteiger partial charge is 0.429 e. The second-order valence-electron chi connectivity index (χ2n) is 5.04. The molecule has 3 rings (SSSR count). The fraction of sp³-hybridized carbons (Fsp3) is 0.385. The molecule has 1 fully saturated rings. The fourth-order valence-corrected chi connectivity index (χ4v) is 2.40. The predicted octanol–water partition coefficient (Wildman–Crippen LogP) is 2.40. The molecule has 0 aliphatic carbocycles. The van der Waals surface area contributed by atoms with Crippen molar-refractivity contribution in [1.82, 2.24) is 10.3 Å². The van der Waals surface area contributed by atoms with Gasteiger partial charge in [0.05, 0.1) is 17.7 Å². The van der Waals surface area contributed by atoms with Gasteiger partial charge in [0.25, 0.3) is 10.7 Å². The summed E-state index contributed by atoms with van der Waals surface area (Å²) in [5.41, 5.74) is 1.64. The molecule has 0 bridgehead atoms. The average Bonchev–Trinajstić information content (AvgIpc) is 2.93. The Hall–Kier alpha value is -1.66. The van der Waals surface area contributed by atoms with Crippen LogP contribution < -0.4 is 5.32 Å². The molecule has 19 heavy (non-hydrogen) atoms. The molecular formula is C13H14N2O3S. The lowest BCUT2D eigenvalue weighted by atomic mass is 10.0. The molecule has 1 aromatic carbocycles. The highest BCUT2D eigenvalue weighted by molar-refractivity contribution is 7.71. The lowest BCUT2D eigenvalue weighted by Gasteiger charge is -2.23. The second-order valence-corrected chi connectivity index (χ2v) is 5.41. The van der Waals surface area contributed by atoms with Crippen LogP contribution in [-0.2, 0) is 4.74 Å². The number of oxazole rings is 1. The molecule has 1 aromatic heterocycles. The van der Waals surface area contributed by atoms with Crippen LogP contribution in [0.15, 0.2) is 22.6 Å². The summed E-state index contributed by atoms with van der Waals surface area (Å²) >= 11 is 4.92. The number of H-pyrrole nitrogens is 1. The maximum Gasteiger partial charge on any atom is 0.266 e. The number of fused-ring (bicyclic) bond motifs is 1. The van der Waals surface area contributed by atoms with Crippen LogP contribution in [0.1, 0.15) is 23.7 Å². The van der Waals surface area contributed by atoms with Gasteiger partial charge in [-0.1, -0.05) is 0 Å². The van der Waals surface area contributed by atoms with Gasteiger partial charge in [-0.05, 0) is 43.8 Å². The highest BCUT2D eigenvalue weighted by Gasteiger charge is 2.31. The molecule has 0 saturated carbocycles. The van der Waals surface area contributed by atoms with Gasteiger partial charge in [0.2, 0.25) is 0 Å². The number of rotatable bonds is 2. The van der Waals surface area contributed by atoms with E-state index in [1.54, 1.807) is 18.2 Å². The van der Waals surface area contributed by atoms with Gasteiger partial charge in [0.15, 0.2) is 5.58 Å². The van der Waals surface area contributed by atoms with Crippen LogP contribution >= 0.6 is 12.2 Å². The minimum Gasteiger partial charge on any atom is -0.429 e. The van der Waals surface area contributed by atoms with E-state index in [1.807, 2.05) is 6.92 Å². The molecule has 100 valence electrons. The van der Waals surface area contributed by atoms with Gasteiger partial charge < -0.3 is 19.5 Å². The Morgan fingerprint density at radius 3 is 3.11 bits per heavy atom. The van der Waals surface area contributed by atoms with E-state index < -0.39 is 0 Å². The molecule has 1 unspecified atom stereocenters. The highest BCUT2D eigenvalue weighted by Crippen LogP contribution is 2.20. The number of amides is 1. The molecule has 2 aromatic rings. The van der Waals surface area contributed by atoms with E-state index in [0.29, 0.717) is 29.2 Å². The summed E-state index contributed by atoms with van der Waals surface area (Å²) in [6.45, 7) is 3.21. The molecule has 1 atom stereocenters. The molecule has 0 radical (unpaired) electrons. The zero-order valence-corrected chi connectivity index (χ0v) is 11.3. The predicted molar refractivity (Wildman–Crippen MR) is 72.7 cm³/mol. The first-order valence-electron chi connectivity index (χ1n) is 6.09. The first-order valence-corrected chi connectivity index (χ1v) is 6.50. The first-order chi connectivity index (χ1) is 9.06. The number of nitrogens with one attached hydrogen (secondary N) is 2. The molecule has 1 saturated heterocycles. The summed E-state index contributed by atoms with van der Waals surface area (Å²) in [5, 5.41) is 3.00. The maximum atomic E-state index is 12.2. The van der Waals surface area contributed by atoms with Crippen molar-refractivity contribution in [1.29, 1.82) is 0 Å². The van der Waals surface area contributed by atoms with E-state index in [4.69, 9.17) is 21.4 Å². The topological polar surface area (TPSA) is 67.3 Å². The number of hydrogen-bond donors (Lipinski definition) is 2. The standard InChI is InChI=1S/C13H14N2O3S/c1-13(4-5-17-7-13)15-11(16)8-2-3-9-10(6-8)18-12(19)14-9/h2-3,6H,4-5,7H2,1H3,(H,14,19)(H,15,16). The number of carbonyl (C=O) groups excluding carboxylic acids is 1. The fourth-order valence-electron chi connectivity index (χ4n) is 2.20. The van der Waals surface area contributed by atoms with E-state index in [9.17, 15) is 4.79 Å². The third-order valence-corrected chi connectivity index (χ3v) is 3.50. The van der Waals surface area contributed by atoms with Crippen LogP contribution in [0.5, 0.6) is 0 Å². The molecule has 1 aliphatic heterocycles. The Balaban J connectivity index is 1.86. The summed E-state index contributed by atoms with van der Waals surface area (Å²) in [4.78, 5) is 15.4. The van der Waals surface area contributed by atoms with Crippen LogP contribution in [0.4, 0.5) is 0 Å². The molecule has 1 aliphatic rings. The Bertz CT molecular complexity index is 682. The minimum absolute atomic E-state index is 0.128. The van der Waals surface area contributed by atoms with E-state index >= 15 is 0 Å². The molecule has 6 heteroatoms. The van der Waals surface area contributed by atoms with Crippen molar-refractivity contribution < 1.29 is 13.9 Å². The van der Waals surface area contributed by atoms with Crippen molar-refractivity contribution in [2.45, 2.75) is 18.9 Å². The lowest BCUT2D eigenvalue weighted by molar-refractivity contribution is 0.0890. The average molecular weight is 278 g/mol. The smallest absolute Gasteiger partial charge is 0.266 e. The minimum atomic E-state index is -0.287. The second kappa shape index (κ2) is 4.47. The van der Waals surface area contributed by atoms with E-state index in [1.165, 1.54) is 0 Å².